The van der Waals surface area contributed by atoms with Crippen LogP contribution < -0.4 is 0 Å². The Kier molecular flexibility index (Phi) is 4.60. The number of imide groups is 1. The van der Waals surface area contributed by atoms with Gasteiger partial charge in [0.25, 0.3) is 0 Å². The Morgan fingerprint density at radius 1 is 1.05 bits per heavy atom. The van der Waals surface area contributed by atoms with E-state index in [0.717, 1.165) is 9.87 Å². The van der Waals surface area contributed by atoms with Crippen LogP contribution in [0.15, 0.2) is 18.2 Å². The summed E-state index contributed by atoms with van der Waals surface area (Å²) in [6.45, 7) is 0. The normalized spacial score (nSPS) is 17.1. The average Bonchev–Trinajstić information content (AvgIpc) is 2.65. The number of aryl methyl sites for hydroxylation is 1. The lowest BCUT2D eigenvalue weighted by Gasteiger charge is -2.12. The molecule has 1 atom stereocenters. The molecule has 0 aromatic heterocycles. The van der Waals surface area contributed by atoms with Crippen molar-refractivity contribution in [3.05, 3.63) is 33.8 Å². The average molecular weight is 320 g/mol. The van der Waals surface area contributed by atoms with Gasteiger partial charge in [-0.2, -0.15) is 4.31 Å². The predicted molar refractivity (Wildman–Crippen MR) is 74.3 cm³/mol. The van der Waals surface area contributed by atoms with E-state index < -0.39 is 11.0 Å². The van der Waals surface area contributed by atoms with E-state index in [1.807, 2.05) is 0 Å². The van der Waals surface area contributed by atoms with Gasteiger partial charge in [0.1, 0.15) is 11.0 Å². The molecule has 0 saturated carbocycles. The molecule has 1 unspecified atom stereocenters. The smallest absolute Gasteiger partial charge is 0.241 e. The first-order chi connectivity index (χ1) is 8.97. The van der Waals surface area contributed by atoms with Gasteiger partial charge in [-0.1, -0.05) is 23.2 Å². The molecule has 1 aliphatic heterocycles. The molecular weight excluding hydrogens is 309 g/mol. The molecule has 0 aliphatic carbocycles. The van der Waals surface area contributed by atoms with Crippen molar-refractivity contribution in [2.24, 2.45) is 0 Å². The molecule has 1 aromatic rings. The molecule has 2 amide bonds. The first kappa shape index (κ1) is 14.5. The zero-order chi connectivity index (χ0) is 14.0. The fourth-order valence-corrected chi connectivity index (χ4v) is 3.64. The van der Waals surface area contributed by atoms with Crippen molar-refractivity contribution >= 4 is 46.0 Å². The lowest BCUT2D eigenvalue weighted by atomic mass is 10.2. The minimum atomic E-state index is -1.62. The van der Waals surface area contributed by atoms with Gasteiger partial charge in [0.05, 0.1) is 0 Å². The molecule has 4 nitrogen and oxygen atoms in total. The summed E-state index contributed by atoms with van der Waals surface area (Å²) in [6.07, 6.45) is 0.727. The molecule has 0 N–H and O–H groups in total. The minimum absolute atomic E-state index is 0.146. The molecule has 1 saturated heterocycles. The van der Waals surface area contributed by atoms with Gasteiger partial charge in [-0.25, -0.2) is 4.21 Å². The zero-order valence-electron chi connectivity index (χ0n) is 9.90. The first-order valence-electron chi connectivity index (χ1n) is 5.66. The molecule has 19 heavy (non-hydrogen) atoms. The molecule has 1 aliphatic rings. The van der Waals surface area contributed by atoms with E-state index in [-0.39, 0.29) is 30.4 Å². The number of hydrogen-bond donors (Lipinski definition) is 0. The van der Waals surface area contributed by atoms with Crippen molar-refractivity contribution in [2.45, 2.75) is 19.3 Å². The van der Waals surface area contributed by atoms with Crippen LogP contribution in [0.2, 0.25) is 10.0 Å². The summed E-state index contributed by atoms with van der Waals surface area (Å²) in [5, 5.41) is 1.00. The van der Waals surface area contributed by atoms with E-state index in [2.05, 4.69) is 0 Å². The number of hydrogen-bond acceptors (Lipinski definition) is 3. The van der Waals surface area contributed by atoms with E-state index >= 15 is 0 Å². The maximum absolute atomic E-state index is 11.9. The Hall–Kier alpha value is -0.910. The monoisotopic (exact) mass is 319 g/mol. The molecular formula is C12H11Cl2NO3S. The molecule has 1 fully saturated rings. The summed E-state index contributed by atoms with van der Waals surface area (Å²) < 4.78 is 12.8. The van der Waals surface area contributed by atoms with Crippen molar-refractivity contribution in [3.63, 3.8) is 0 Å². The Morgan fingerprint density at radius 2 is 1.58 bits per heavy atom. The highest BCUT2D eigenvalue weighted by molar-refractivity contribution is 7.83. The first-order valence-corrected chi connectivity index (χ1v) is 7.70. The van der Waals surface area contributed by atoms with Gasteiger partial charge in [0.2, 0.25) is 11.8 Å². The second-order valence-electron chi connectivity index (χ2n) is 4.14. The van der Waals surface area contributed by atoms with E-state index in [9.17, 15) is 13.8 Å². The predicted octanol–water partition coefficient (Wildman–Crippen LogP) is 2.35. The summed E-state index contributed by atoms with van der Waals surface area (Å²) in [7, 11) is -1.62. The van der Waals surface area contributed by atoms with Crippen LogP contribution in [-0.2, 0) is 27.0 Å². The number of carbonyl (C=O) groups excluding carboxylic acids is 2. The van der Waals surface area contributed by atoms with E-state index in [0.29, 0.717) is 16.5 Å². The van der Waals surface area contributed by atoms with Crippen LogP contribution >= 0.6 is 23.2 Å². The largest absolute Gasteiger partial charge is 0.273 e. The third kappa shape index (κ3) is 3.55. The van der Waals surface area contributed by atoms with Crippen molar-refractivity contribution in [1.29, 1.82) is 0 Å². The summed E-state index contributed by atoms with van der Waals surface area (Å²) in [4.78, 5) is 22.8. The highest BCUT2D eigenvalue weighted by atomic mass is 35.5. The van der Waals surface area contributed by atoms with Gasteiger partial charge < -0.3 is 0 Å². The van der Waals surface area contributed by atoms with Crippen LogP contribution in [0.1, 0.15) is 18.4 Å². The molecule has 2 rings (SSSR count). The highest BCUT2D eigenvalue weighted by Gasteiger charge is 2.33. The fraction of sp³-hybridized carbons (Fsp3) is 0.333. The quantitative estimate of drug-likeness (QED) is 0.800. The Morgan fingerprint density at radius 3 is 2.11 bits per heavy atom. The summed E-state index contributed by atoms with van der Waals surface area (Å²) >= 11 is 11.7. The third-order valence-corrected chi connectivity index (χ3v) is 4.50. The summed E-state index contributed by atoms with van der Waals surface area (Å²) in [5.41, 5.74) is 0.824. The second-order valence-corrected chi connectivity index (χ2v) is 6.42. The van der Waals surface area contributed by atoms with Gasteiger partial charge in [-0.05, 0) is 30.2 Å². The lowest BCUT2D eigenvalue weighted by Crippen LogP contribution is -2.33. The van der Waals surface area contributed by atoms with Crippen LogP contribution in [0.25, 0.3) is 0 Å². The molecule has 0 spiro atoms. The maximum Gasteiger partial charge on any atom is 0.241 e. The Labute approximate surface area is 123 Å². The number of amides is 2. The van der Waals surface area contributed by atoms with Crippen molar-refractivity contribution in [3.8, 4) is 0 Å². The summed E-state index contributed by atoms with van der Waals surface area (Å²) in [5.74, 6) is -0.548. The minimum Gasteiger partial charge on any atom is -0.273 e. The number of rotatable bonds is 4. The highest BCUT2D eigenvalue weighted by Crippen LogP contribution is 2.20. The number of halogens is 2. The van der Waals surface area contributed by atoms with E-state index in [1.54, 1.807) is 18.2 Å². The summed E-state index contributed by atoms with van der Waals surface area (Å²) in [6, 6.07) is 5.05. The van der Waals surface area contributed by atoms with Crippen molar-refractivity contribution < 1.29 is 13.8 Å². The molecule has 1 aromatic carbocycles. The number of benzene rings is 1. The van der Waals surface area contributed by atoms with E-state index in [1.165, 1.54) is 0 Å². The molecule has 0 radical (unpaired) electrons. The van der Waals surface area contributed by atoms with Gasteiger partial charge in [0, 0.05) is 28.6 Å². The molecule has 7 heteroatoms. The third-order valence-electron chi connectivity index (χ3n) is 2.70. The standard InChI is InChI=1S/C12H11Cl2NO3S/c13-9-5-8(6-10(14)7-9)3-4-19(18)15-11(16)1-2-12(15)17/h5-7H,1-4H2. The number of nitrogens with zero attached hydrogens (tertiary/aromatic N) is 1. The van der Waals surface area contributed by atoms with Crippen LogP contribution in [0.5, 0.6) is 0 Å². The van der Waals surface area contributed by atoms with Gasteiger partial charge in [-0.3, -0.25) is 9.59 Å². The molecule has 0 bridgehead atoms. The SMILES string of the molecule is O=C1CCC(=O)N1S(=O)CCc1cc(Cl)cc(Cl)c1. The number of carbonyl (C=O) groups is 2. The topological polar surface area (TPSA) is 54.5 Å². The Bertz CT molecular complexity index is 526. The molecule has 1 heterocycles. The van der Waals surface area contributed by atoms with Gasteiger partial charge in [0.15, 0.2) is 0 Å². The van der Waals surface area contributed by atoms with Gasteiger partial charge >= 0.3 is 0 Å². The lowest BCUT2D eigenvalue weighted by molar-refractivity contribution is -0.132. The molecule has 102 valence electrons. The fourth-order valence-electron chi connectivity index (χ4n) is 1.83. The van der Waals surface area contributed by atoms with Crippen LogP contribution in [0, 0.1) is 0 Å². The van der Waals surface area contributed by atoms with Crippen LogP contribution in [-0.4, -0.2) is 26.1 Å². The van der Waals surface area contributed by atoms with E-state index in [4.69, 9.17) is 23.2 Å². The maximum atomic E-state index is 11.9. The Balaban J connectivity index is 2.00. The zero-order valence-corrected chi connectivity index (χ0v) is 12.2. The van der Waals surface area contributed by atoms with Crippen LogP contribution in [0.3, 0.4) is 0 Å². The van der Waals surface area contributed by atoms with Crippen molar-refractivity contribution in [2.75, 3.05) is 5.75 Å². The van der Waals surface area contributed by atoms with Gasteiger partial charge in [-0.15, -0.1) is 0 Å². The van der Waals surface area contributed by atoms with Crippen molar-refractivity contribution in [1.82, 2.24) is 4.31 Å². The second kappa shape index (κ2) is 6.03. The van der Waals surface area contributed by atoms with Crippen LogP contribution in [0.4, 0.5) is 0 Å².